The van der Waals surface area contributed by atoms with Crippen molar-refractivity contribution in [2.75, 3.05) is 11.9 Å². The topological polar surface area (TPSA) is 24.9 Å². The van der Waals surface area contributed by atoms with E-state index in [0.717, 1.165) is 18.5 Å². The zero-order valence-electron chi connectivity index (χ0n) is 12.8. The lowest BCUT2D eigenvalue weighted by molar-refractivity contribution is 0.709. The summed E-state index contributed by atoms with van der Waals surface area (Å²) in [6.45, 7) is 3.31. The SMILES string of the molecule is CCCCNc1c2c(nc3ccccc13)CCCCC2.Cl. The molecular weight excluding hydrogens is 280 g/mol. The van der Waals surface area contributed by atoms with E-state index in [4.69, 9.17) is 4.98 Å². The molecule has 1 N–H and O–H groups in total. The first-order valence-corrected chi connectivity index (χ1v) is 8.04. The van der Waals surface area contributed by atoms with Gasteiger partial charge in [-0.15, -0.1) is 12.4 Å². The van der Waals surface area contributed by atoms with Crippen LogP contribution in [0.2, 0.25) is 0 Å². The van der Waals surface area contributed by atoms with E-state index in [2.05, 4.69) is 36.5 Å². The van der Waals surface area contributed by atoms with Crippen molar-refractivity contribution in [1.29, 1.82) is 0 Å². The number of aromatic nitrogens is 1. The number of hydrogen-bond acceptors (Lipinski definition) is 2. The molecule has 0 bridgehead atoms. The highest BCUT2D eigenvalue weighted by atomic mass is 35.5. The molecule has 3 heteroatoms. The monoisotopic (exact) mass is 304 g/mol. The Labute approximate surface area is 133 Å². The number of pyridine rings is 1. The van der Waals surface area contributed by atoms with Crippen molar-refractivity contribution >= 4 is 29.0 Å². The van der Waals surface area contributed by atoms with Crippen LogP contribution in [-0.4, -0.2) is 11.5 Å². The van der Waals surface area contributed by atoms with Gasteiger partial charge in [0.15, 0.2) is 0 Å². The second kappa shape index (κ2) is 7.65. The standard InChI is InChI=1S/C18H24N2.ClH/c1-2-3-13-19-18-14-9-5-4-6-11-16(14)20-17-12-8-7-10-15(17)18;/h7-8,10,12H,2-6,9,11,13H2,1H3,(H,19,20);1H. The maximum atomic E-state index is 4.92. The van der Waals surface area contributed by atoms with E-state index in [1.54, 1.807) is 0 Å². The van der Waals surface area contributed by atoms with Gasteiger partial charge in [-0.05, 0) is 43.7 Å². The Hall–Kier alpha value is -1.28. The lowest BCUT2D eigenvalue weighted by atomic mass is 10.0. The van der Waals surface area contributed by atoms with Crippen molar-refractivity contribution in [3.63, 3.8) is 0 Å². The Morgan fingerprint density at radius 1 is 1.10 bits per heavy atom. The second-order valence-corrected chi connectivity index (χ2v) is 5.77. The fourth-order valence-corrected chi connectivity index (χ4v) is 3.14. The van der Waals surface area contributed by atoms with Crippen LogP contribution >= 0.6 is 12.4 Å². The molecule has 0 aliphatic heterocycles. The molecule has 0 unspecified atom stereocenters. The molecule has 0 fully saturated rings. The van der Waals surface area contributed by atoms with Gasteiger partial charge in [0, 0.05) is 23.3 Å². The van der Waals surface area contributed by atoms with Gasteiger partial charge in [-0.3, -0.25) is 4.98 Å². The largest absolute Gasteiger partial charge is 0.384 e. The predicted octanol–water partition coefficient (Wildman–Crippen LogP) is 5.14. The first-order valence-electron chi connectivity index (χ1n) is 8.04. The van der Waals surface area contributed by atoms with Crippen LogP contribution in [0.1, 0.15) is 50.3 Å². The number of para-hydroxylation sites is 1. The number of nitrogens with one attached hydrogen (secondary N) is 1. The van der Waals surface area contributed by atoms with E-state index >= 15 is 0 Å². The van der Waals surface area contributed by atoms with E-state index < -0.39 is 0 Å². The number of rotatable bonds is 4. The van der Waals surface area contributed by atoms with Gasteiger partial charge in [-0.2, -0.15) is 0 Å². The highest BCUT2D eigenvalue weighted by Crippen LogP contribution is 2.32. The summed E-state index contributed by atoms with van der Waals surface area (Å²) < 4.78 is 0. The van der Waals surface area contributed by atoms with E-state index in [-0.39, 0.29) is 12.4 Å². The number of aryl methyl sites for hydroxylation is 1. The van der Waals surface area contributed by atoms with Crippen LogP contribution in [0, 0.1) is 0 Å². The van der Waals surface area contributed by atoms with Crippen LogP contribution in [0.25, 0.3) is 10.9 Å². The number of hydrogen-bond donors (Lipinski definition) is 1. The van der Waals surface area contributed by atoms with Gasteiger partial charge in [0.1, 0.15) is 0 Å². The summed E-state index contributed by atoms with van der Waals surface area (Å²) >= 11 is 0. The Bertz CT molecular complexity index is 595. The maximum Gasteiger partial charge on any atom is 0.0726 e. The molecular formula is C18H25ClN2. The van der Waals surface area contributed by atoms with Crippen molar-refractivity contribution in [3.05, 3.63) is 35.5 Å². The molecule has 114 valence electrons. The Balaban J connectivity index is 0.00000161. The Morgan fingerprint density at radius 3 is 2.76 bits per heavy atom. The van der Waals surface area contributed by atoms with Gasteiger partial charge in [0.05, 0.1) is 5.52 Å². The van der Waals surface area contributed by atoms with Gasteiger partial charge in [0.2, 0.25) is 0 Å². The molecule has 1 aromatic carbocycles. The molecule has 1 aromatic heterocycles. The summed E-state index contributed by atoms with van der Waals surface area (Å²) in [6, 6.07) is 8.57. The van der Waals surface area contributed by atoms with Crippen LogP contribution in [-0.2, 0) is 12.8 Å². The molecule has 2 nitrogen and oxygen atoms in total. The van der Waals surface area contributed by atoms with Crippen LogP contribution in [0.5, 0.6) is 0 Å². The molecule has 0 atom stereocenters. The summed E-state index contributed by atoms with van der Waals surface area (Å²) in [5.74, 6) is 0. The van der Waals surface area contributed by atoms with E-state index in [9.17, 15) is 0 Å². The molecule has 2 aromatic rings. The predicted molar refractivity (Wildman–Crippen MR) is 93.6 cm³/mol. The van der Waals surface area contributed by atoms with E-state index in [0.29, 0.717) is 0 Å². The van der Waals surface area contributed by atoms with Gasteiger partial charge in [-0.1, -0.05) is 38.0 Å². The van der Waals surface area contributed by atoms with Gasteiger partial charge >= 0.3 is 0 Å². The molecule has 1 aliphatic carbocycles. The third-order valence-corrected chi connectivity index (χ3v) is 4.25. The number of anilines is 1. The summed E-state index contributed by atoms with van der Waals surface area (Å²) in [4.78, 5) is 4.92. The average molecular weight is 305 g/mol. The zero-order chi connectivity index (χ0) is 13.8. The Kier molecular flexibility index (Phi) is 5.86. The highest BCUT2D eigenvalue weighted by Gasteiger charge is 2.16. The molecule has 0 amide bonds. The van der Waals surface area contributed by atoms with Gasteiger partial charge < -0.3 is 5.32 Å². The highest BCUT2D eigenvalue weighted by molar-refractivity contribution is 5.93. The van der Waals surface area contributed by atoms with Crippen LogP contribution < -0.4 is 5.32 Å². The van der Waals surface area contributed by atoms with E-state index in [1.807, 2.05) is 0 Å². The van der Waals surface area contributed by atoms with Crippen LogP contribution in [0.3, 0.4) is 0 Å². The van der Waals surface area contributed by atoms with Gasteiger partial charge in [-0.25, -0.2) is 0 Å². The molecule has 1 heterocycles. The quantitative estimate of drug-likeness (QED) is 0.625. The van der Waals surface area contributed by atoms with Gasteiger partial charge in [0.25, 0.3) is 0 Å². The second-order valence-electron chi connectivity index (χ2n) is 5.77. The smallest absolute Gasteiger partial charge is 0.0726 e. The number of benzene rings is 1. The first-order chi connectivity index (χ1) is 9.90. The fourth-order valence-electron chi connectivity index (χ4n) is 3.14. The Morgan fingerprint density at radius 2 is 1.90 bits per heavy atom. The van der Waals surface area contributed by atoms with Crippen molar-refractivity contribution < 1.29 is 0 Å². The first kappa shape index (κ1) is 16.1. The van der Waals surface area contributed by atoms with Crippen LogP contribution in [0.15, 0.2) is 24.3 Å². The lowest BCUT2D eigenvalue weighted by Gasteiger charge is -2.17. The number of halogens is 1. The minimum atomic E-state index is 0. The third-order valence-electron chi connectivity index (χ3n) is 4.25. The summed E-state index contributed by atoms with van der Waals surface area (Å²) in [7, 11) is 0. The molecule has 1 aliphatic rings. The summed E-state index contributed by atoms with van der Waals surface area (Å²) in [6.07, 6.45) is 8.71. The number of fused-ring (bicyclic) bond motifs is 2. The molecule has 0 saturated heterocycles. The van der Waals surface area contributed by atoms with Crippen molar-refractivity contribution in [2.45, 2.75) is 51.9 Å². The van der Waals surface area contributed by atoms with E-state index in [1.165, 1.54) is 60.9 Å². The molecule has 21 heavy (non-hydrogen) atoms. The number of nitrogens with zero attached hydrogens (tertiary/aromatic N) is 1. The van der Waals surface area contributed by atoms with Crippen molar-refractivity contribution in [2.24, 2.45) is 0 Å². The summed E-state index contributed by atoms with van der Waals surface area (Å²) in [5, 5.41) is 5.00. The minimum Gasteiger partial charge on any atom is -0.384 e. The minimum absolute atomic E-state index is 0. The molecule has 0 saturated carbocycles. The maximum absolute atomic E-state index is 4.92. The normalized spacial score (nSPS) is 14.1. The van der Waals surface area contributed by atoms with Crippen LogP contribution in [0.4, 0.5) is 5.69 Å². The molecule has 0 spiro atoms. The van der Waals surface area contributed by atoms with Crippen molar-refractivity contribution in [1.82, 2.24) is 4.98 Å². The molecule has 3 rings (SSSR count). The number of unbranched alkanes of at least 4 members (excludes halogenated alkanes) is 1. The summed E-state index contributed by atoms with van der Waals surface area (Å²) in [5.41, 5.74) is 5.32. The lowest BCUT2D eigenvalue weighted by Crippen LogP contribution is -2.08. The molecule has 0 radical (unpaired) electrons. The van der Waals surface area contributed by atoms with Crippen molar-refractivity contribution in [3.8, 4) is 0 Å². The fraction of sp³-hybridized carbons (Fsp3) is 0.500. The third kappa shape index (κ3) is 3.49. The zero-order valence-corrected chi connectivity index (χ0v) is 13.6. The average Bonchev–Trinajstić information content (AvgIpc) is 2.72.